The zero-order valence-corrected chi connectivity index (χ0v) is 20.0. The van der Waals surface area contributed by atoms with Crippen molar-refractivity contribution >= 4 is 21.6 Å². The van der Waals surface area contributed by atoms with Crippen molar-refractivity contribution in [2.75, 3.05) is 25.1 Å². The smallest absolute Gasteiger partial charge is 0.264 e. The van der Waals surface area contributed by atoms with Crippen molar-refractivity contribution in [2.24, 2.45) is 0 Å². The fourth-order valence-electron chi connectivity index (χ4n) is 3.22. The third kappa shape index (κ3) is 5.84. The molecule has 0 saturated heterocycles. The first kappa shape index (κ1) is 24.1. The van der Waals surface area contributed by atoms with Crippen LogP contribution in [0.1, 0.15) is 16.7 Å². The molecule has 0 heterocycles. The van der Waals surface area contributed by atoms with Gasteiger partial charge in [0.2, 0.25) is 5.91 Å². The summed E-state index contributed by atoms with van der Waals surface area (Å²) >= 11 is 0. The fourth-order valence-corrected chi connectivity index (χ4v) is 4.65. The van der Waals surface area contributed by atoms with Gasteiger partial charge in [-0.05, 0) is 43.7 Å². The predicted molar refractivity (Wildman–Crippen MR) is 128 cm³/mol. The number of benzene rings is 3. The van der Waals surface area contributed by atoms with Gasteiger partial charge in [0.15, 0.2) is 0 Å². The van der Waals surface area contributed by atoms with Crippen LogP contribution in [0.2, 0.25) is 0 Å². The maximum absolute atomic E-state index is 13.6. The molecule has 3 rings (SSSR count). The summed E-state index contributed by atoms with van der Waals surface area (Å²) in [5.74, 6) is 0.295. The van der Waals surface area contributed by atoms with Crippen molar-refractivity contribution in [3.63, 3.8) is 0 Å². The summed E-state index contributed by atoms with van der Waals surface area (Å²) in [6.45, 7) is 3.72. The molecule has 0 spiro atoms. The minimum absolute atomic E-state index is 0.0734. The Morgan fingerprint density at radius 2 is 1.48 bits per heavy atom. The molecule has 0 aliphatic heterocycles. The van der Waals surface area contributed by atoms with E-state index in [4.69, 9.17) is 9.47 Å². The number of amides is 1. The number of aryl methyl sites for hydroxylation is 2. The van der Waals surface area contributed by atoms with Gasteiger partial charge < -0.3 is 14.8 Å². The lowest BCUT2D eigenvalue weighted by Crippen LogP contribution is -2.40. The van der Waals surface area contributed by atoms with Gasteiger partial charge in [0.1, 0.15) is 18.0 Å². The number of methoxy groups -OCH3 is 2. The largest absolute Gasteiger partial charge is 0.497 e. The summed E-state index contributed by atoms with van der Waals surface area (Å²) in [7, 11) is -1.15. The predicted octanol–water partition coefficient (Wildman–Crippen LogP) is 3.83. The lowest BCUT2D eigenvalue weighted by molar-refractivity contribution is -0.119. The number of ether oxygens (including phenoxy) is 2. The van der Waals surface area contributed by atoms with Gasteiger partial charge in [-0.2, -0.15) is 0 Å². The molecule has 7 nitrogen and oxygen atoms in total. The fraction of sp³-hybridized carbons (Fsp3) is 0.240. The van der Waals surface area contributed by atoms with Crippen LogP contribution in [0.15, 0.2) is 71.6 Å². The van der Waals surface area contributed by atoms with Gasteiger partial charge in [0.25, 0.3) is 10.0 Å². The van der Waals surface area contributed by atoms with Crippen LogP contribution in [-0.2, 0) is 21.4 Å². The first-order valence-corrected chi connectivity index (χ1v) is 11.8. The van der Waals surface area contributed by atoms with Crippen molar-refractivity contribution < 1.29 is 22.7 Å². The summed E-state index contributed by atoms with van der Waals surface area (Å²) in [4.78, 5) is 12.9. The van der Waals surface area contributed by atoms with Gasteiger partial charge in [-0.15, -0.1) is 0 Å². The van der Waals surface area contributed by atoms with Gasteiger partial charge in [-0.3, -0.25) is 9.10 Å². The standard InChI is InChI=1S/C25H28N2O5S/c1-18-5-9-20(10-6-18)16-26-25(28)17-27(23-15-21(31-3)11-14-24(23)32-4)33(29,30)22-12-7-19(2)8-13-22/h5-15H,16-17H2,1-4H3,(H,26,28). The van der Waals surface area contributed by atoms with E-state index >= 15 is 0 Å². The monoisotopic (exact) mass is 468 g/mol. The van der Waals surface area contributed by atoms with Crippen LogP contribution in [-0.4, -0.2) is 35.1 Å². The zero-order valence-electron chi connectivity index (χ0n) is 19.2. The topological polar surface area (TPSA) is 84.9 Å². The van der Waals surface area contributed by atoms with Crippen LogP contribution in [0.3, 0.4) is 0 Å². The minimum Gasteiger partial charge on any atom is -0.497 e. The van der Waals surface area contributed by atoms with Gasteiger partial charge in [0, 0.05) is 12.6 Å². The third-order valence-corrected chi connectivity index (χ3v) is 6.94. The Hall–Kier alpha value is -3.52. The summed E-state index contributed by atoms with van der Waals surface area (Å²) in [6.07, 6.45) is 0. The number of carbonyl (C=O) groups is 1. The average Bonchev–Trinajstić information content (AvgIpc) is 2.82. The highest BCUT2D eigenvalue weighted by Gasteiger charge is 2.30. The second-order valence-electron chi connectivity index (χ2n) is 7.62. The molecule has 0 aromatic heterocycles. The number of hydrogen-bond donors (Lipinski definition) is 1. The van der Waals surface area contributed by atoms with Gasteiger partial charge in [-0.25, -0.2) is 8.42 Å². The van der Waals surface area contributed by atoms with E-state index in [1.54, 1.807) is 24.3 Å². The molecule has 0 aliphatic rings. The zero-order chi connectivity index (χ0) is 24.0. The van der Waals surface area contributed by atoms with Crippen molar-refractivity contribution in [2.45, 2.75) is 25.3 Å². The molecule has 0 unspecified atom stereocenters. The van der Waals surface area contributed by atoms with Crippen LogP contribution in [0, 0.1) is 13.8 Å². The van der Waals surface area contributed by atoms with Crippen LogP contribution < -0.4 is 19.1 Å². The number of nitrogens with zero attached hydrogens (tertiary/aromatic N) is 1. The lowest BCUT2D eigenvalue weighted by Gasteiger charge is -2.26. The van der Waals surface area contributed by atoms with Crippen molar-refractivity contribution in [3.05, 3.63) is 83.4 Å². The Morgan fingerprint density at radius 3 is 2.06 bits per heavy atom. The summed E-state index contributed by atoms with van der Waals surface area (Å²) in [5.41, 5.74) is 3.17. The summed E-state index contributed by atoms with van der Waals surface area (Å²) in [6, 6.07) is 19.0. The van der Waals surface area contributed by atoms with E-state index in [-0.39, 0.29) is 17.1 Å². The molecule has 0 bridgehead atoms. The minimum atomic E-state index is -4.08. The lowest BCUT2D eigenvalue weighted by atomic mass is 10.1. The summed E-state index contributed by atoms with van der Waals surface area (Å²) in [5, 5.41) is 2.80. The van der Waals surface area contributed by atoms with Crippen molar-refractivity contribution in [1.29, 1.82) is 0 Å². The van der Waals surface area contributed by atoms with Crippen molar-refractivity contribution in [3.8, 4) is 11.5 Å². The summed E-state index contributed by atoms with van der Waals surface area (Å²) < 4.78 is 38.9. The number of anilines is 1. The molecule has 0 radical (unpaired) electrons. The molecule has 1 amide bonds. The highest BCUT2D eigenvalue weighted by molar-refractivity contribution is 7.92. The number of hydrogen-bond acceptors (Lipinski definition) is 5. The average molecular weight is 469 g/mol. The molecule has 1 N–H and O–H groups in total. The molecule has 3 aromatic carbocycles. The van der Waals surface area contributed by atoms with E-state index in [0.29, 0.717) is 11.5 Å². The second-order valence-corrected chi connectivity index (χ2v) is 9.49. The normalized spacial score (nSPS) is 11.0. The Bertz CT molecular complexity index is 1210. The Labute approximate surface area is 195 Å². The molecular weight excluding hydrogens is 440 g/mol. The second kappa shape index (κ2) is 10.4. The molecule has 0 fully saturated rings. The molecular formula is C25H28N2O5S. The molecule has 33 heavy (non-hydrogen) atoms. The van der Waals surface area contributed by atoms with E-state index in [0.717, 1.165) is 21.0 Å². The van der Waals surface area contributed by atoms with Crippen molar-refractivity contribution in [1.82, 2.24) is 5.32 Å². The number of sulfonamides is 1. The molecule has 8 heteroatoms. The Kier molecular flexibility index (Phi) is 7.60. The highest BCUT2D eigenvalue weighted by Crippen LogP contribution is 2.35. The molecule has 0 aliphatic carbocycles. The molecule has 0 atom stereocenters. The SMILES string of the molecule is COc1ccc(OC)c(N(CC(=O)NCc2ccc(C)cc2)S(=O)(=O)c2ccc(C)cc2)c1. The van der Waals surface area contributed by atoms with Gasteiger partial charge >= 0.3 is 0 Å². The van der Waals surface area contributed by atoms with Gasteiger partial charge in [-0.1, -0.05) is 47.5 Å². The first-order valence-electron chi connectivity index (χ1n) is 10.4. The van der Waals surface area contributed by atoms with E-state index in [2.05, 4.69) is 5.32 Å². The van der Waals surface area contributed by atoms with Crippen LogP contribution in [0.4, 0.5) is 5.69 Å². The van der Waals surface area contributed by atoms with E-state index in [1.807, 2.05) is 38.1 Å². The van der Waals surface area contributed by atoms with Crippen LogP contribution >= 0.6 is 0 Å². The molecule has 3 aromatic rings. The molecule has 0 saturated carbocycles. The van der Waals surface area contributed by atoms with Crippen LogP contribution in [0.5, 0.6) is 11.5 Å². The highest BCUT2D eigenvalue weighted by atomic mass is 32.2. The maximum Gasteiger partial charge on any atom is 0.264 e. The van der Waals surface area contributed by atoms with Gasteiger partial charge in [0.05, 0.1) is 24.8 Å². The first-order chi connectivity index (χ1) is 15.7. The van der Waals surface area contributed by atoms with E-state index < -0.39 is 22.5 Å². The van der Waals surface area contributed by atoms with E-state index in [1.165, 1.54) is 32.4 Å². The maximum atomic E-state index is 13.6. The third-order valence-electron chi connectivity index (χ3n) is 5.16. The quantitative estimate of drug-likeness (QED) is 0.516. The van der Waals surface area contributed by atoms with E-state index in [9.17, 15) is 13.2 Å². The number of nitrogens with one attached hydrogen (secondary N) is 1. The number of carbonyl (C=O) groups excluding carboxylic acids is 1. The molecule has 174 valence electrons. The number of rotatable bonds is 9. The Morgan fingerprint density at radius 1 is 0.879 bits per heavy atom. The Balaban J connectivity index is 1.96. The van der Waals surface area contributed by atoms with Crippen LogP contribution in [0.25, 0.3) is 0 Å².